The smallest absolute Gasteiger partial charge is 0.331 e. The molecule has 30 heavy (non-hydrogen) atoms. The predicted molar refractivity (Wildman–Crippen MR) is 114 cm³/mol. The number of benzene rings is 2. The summed E-state index contributed by atoms with van der Waals surface area (Å²) < 4.78 is 16.5. The zero-order valence-electron chi connectivity index (χ0n) is 17.6. The average Bonchev–Trinajstić information content (AvgIpc) is 3.09. The van der Waals surface area contributed by atoms with Gasteiger partial charge in [0.15, 0.2) is 6.61 Å². The molecule has 1 aliphatic heterocycles. The molecule has 6 nitrogen and oxygen atoms in total. The molecule has 0 radical (unpaired) electrons. The molecule has 158 valence electrons. The van der Waals surface area contributed by atoms with Crippen molar-refractivity contribution in [1.29, 1.82) is 0 Å². The number of carbonyl (C=O) groups is 2. The van der Waals surface area contributed by atoms with Gasteiger partial charge in [-0.2, -0.15) is 0 Å². The van der Waals surface area contributed by atoms with Crippen molar-refractivity contribution in [3.05, 3.63) is 64.7 Å². The van der Waals surface area contributed by atoms with Crippen LogP contribution in [0.4, 0.5) is 0 Å². The van der Waals surface area contributed by atoms with E-state index >= 15 is 0 Å². The molecule has 0 saturated carbocycles. The number of ether oxygens (including phenoxy) is 3. The van der Waals surface area contributed by atoms with Crippen LogP contribution in [0.2, 0.25) is 0 Å². The number of nitrogens with one attached hydrogen (secondary N) is 1. The Kier molecular flexibility index (Phi) is 7.12. The van der Waals surface area contributed by atoms with Crippen molar-refractivity contribution in [3.63, 3.8) is 0 Å². The van der Waals surface area contributed by atoms with E-state index < -0.39 is 5.97 Å². The standard InChI is InChI=1S/C24H27NO5/c1-4-28-21-13-20-11-17(3)30-22(20)12-18(21)9-10-24(27)29-15-23(26)25-14-19-8-6-5-7-16(19)2/h5-10,12-13,17H,4,11,14-15H2,1-3H3,(H,25,26)/b10-9+/t17-/m1/s1. The van der Waals surface area contributed by atoms with E-state index in [1.54, 1.807) is 6.08 Å². The third kappa shape index (κ3) is 5.63. The third-order valence-corrected chi connectivity index (χ3v) is 4.81. The van der Waals surface area contributed by atoms with E-state index in [1.165, 1.54) is 6.08 Å². The summed E-state index contributed by atoms with van der Waals surface area (Å²) in [5, 5.41) is 2.75. The number of esters is 1. The number of fused-ring (bicyclic) bond motifs is 1. The lowest BCUT2D eigenvalue weighted by atomic mass is 10.1. The summed E-state index contributed by atoms with van der Waals surface area (Å²) in [6, 6.07) is 11.6. The Labute approximate surface area is 176 Å². The van der Waals surface area contributed by atoms with Crippen molar-refractivity contribution in [2.45, 2.75) is 39.8 Å². The summed E-state index contributed by atoms with van der Waals surface area (Å²) >= 11 is 0. The van der Waals surface area contributed by atoms with E-state index in [2.05, 4.69) is 5.32 Å². The molecule has 1 amide bonds. The summed E-state index contributed by atoms with van der Waals surface area (Å²) in [6.07, 6.45) is 3.86. The zero-order valence-corrected chi connectivity index (χ0v) is 17.6. The Hall–Kier alpha value is -3.28. The molecule has 1 N–H and O–H groups in total. The molecule has 3 rings (SSSR count). The van der Waals surface area contributed by atoms with Crippen LogP contribution in [0.1, 0.15) is 36.1 Å². The van der Waals surface area contributed by atoms with Crippen LogP contribution in [0.3, 0.4) is 0 Å². The molecule has 0 spiro atoms. The highest BCUT2D eigenvalue weighted by Gasteiger charge is 2.21. The van der Waals surface area contributed by atoms with E-state index in [9.17, 15) is 9.59 Å². The second-order valence-corrected chi connectivity index (χ2v) is 7.21. The van der Waals surface area contributed by atoms with E-state index in [-0.39, 0.29) is 18.6 Å². The molecule has 2 aromatic carbocycles. The van der Waals surface area contributed by atoms with E-state index in [4.69, 9.17) is 14.2 Å². The molecule has 0 saturated heterocycles. The molecule has 1 atom stereocenters. The van der Waals surface area contributed by atoms with Crippen LogP contribution in [0.5, 0.6) is 11.5 Å². The lowest BCUT2D eigenvalue weighted by molar-refractivity contribution is -0.143. The lowest BCUT2D eigenvalue weighted by Gasteiger charge is -2.10. The van der Waals surface area contributed by atoms with Gasteiger partial charge in [-0.3, -0.25) is 4.79 Å². The minimum atomic E-state index is -0.599. The quantitative estimate of drug-likeness (QED) is 0.533. The van der Waals surface area contributed by atoms with Crippen LogP contribution in [0.25, 0.3) is 6.08 Å². The second-order valence-electron chi connectivity index (χ2n) is 7.21. The van der Waals surface area contributed by atoms with Crippen molar-refractivity contribution < 1.29 is 23.8 Å². The highest BCUT2D eigenvalue weighted by atomic mass is 16.5. The Morgan fingerprint density at radius 2 is 2.07 bits per heavy atom. The second kappa shape index (κ2) is 9.96. The number of amides is 1. The molecule has 0 bridgehead atoms. The predicted octanol–water partition coefficient (Wildman–Crippen LogP) is 3.59. The van der Waals surface area contributed by atoms with Crippen molar-refractivity contribution in [2.24, 2.45) is 0 Å². The maximum Gasteiger partial charge on any atom is 0.331 e. The van der Waals surface area contributed by atoms with Gasteiger partial charge >= 0.3 is 5.97 Å². The first kappa shape index (κ1) is 21.4. The van der Waals surface area contributed by atoms with E-state index in [0.717, 1.165) is 34.4 Å². The van der Waals surface area contributed by atoms with Gasteiger partial charge in [-0.15, -0.1) is 0 Å². The largest absolute Gasteiger partial charge is 0.493 e. The van der Waals surface area contributed by atoms with Crippen LogP contribution in [0.15, 0.2) is 42.5 Å². The molecule has 1 aliphatic rings. The fourth-order valence-electron chi connectivity index (χ4n) is 3.26. The molecular weight excluding hydrogens is 382 g/mol. The molecular formula is C24H27NO5. The molecule has 0 unspecified atom stereocenters. The van der Waals surface area contributed by atoms with Crippen LogP contribution in [0, 0.1) is 6.92 Å². The monoisotopic (exact) mass is 409 g/mol. The summed E-state index contributed by atoms with van der Waals surface area (Å²) in [7, 11) is 0. The first-order valence-corrected chi connectivity index (χ1v) is 10.1. The Balaban J connectivity index is 1.54. The van der Waals surface area contributed by atoms with Gasteiger partial charge in [0.1, 0.15) is 17.6 Å². The fraction of sp³-hybridized carbons (Fsp3) is 0.333. The number of carbonyl (C=O) groups excluding carboxylic acids is 2. The fourth-order valence-corrected chi connectivity index (χ4v) is 3.26. The summed E-state index contributed by atoms with van der Waals surface area (Å²) in [5.74, 6) is 0.539. The van der Waals surface area contributed by atoms with Gasteiger partial charge in [-0.05, 0) is 50.1 Å². The molecule has 0 aromatic heterocycles. The normalized spacial score (nSPS) is 14.8. The molecule has 2 aromatic rings. The van der Waals surface area contributed by atoms with Crippen molar-refractivity contribution in [3.8, 4) is 11.5 Å². The van der Waals surface area contributed by atoms with Gasteiger partial charge in [-0.25, -0.2) is 4.79 Å². The van der Waals surface area contributed by atoms with Crippen molar-refractivity contribution in [1.82, 2.24) is 5.32 Å². The van der Waals surface area contributed by atoms with E-state index in [0.29, 0.717) is 18.9 Å². The van der Waals surface area contributed by atoms with Crippen molar-refractivity contribution >= 4 is 18.0 Å². The maximum atomic E-state index is 12.0. The van der Waals surface area contributed by atoms with Crippen molar-refractivity contribution in [2.75, 3.05) is 13.2 Å². The Bertz CT molecular complexity index is 951. The van der Waals surface area contributed by atoms with E-state index in [1.807, 2.05) is 57.2 Å². The third-order valence-electron chi connectivity index (χ3n) is 4.81. The minimum absolute atomic E-state index is 0.122. The topological polar surface area (TPSA) is 73.9 Å². The highest BCUT2D eigenvalue weighted by molar-refractivity contribution is 5.89. The highest BCUT2D eigenvalue weighted by Crippen LogP contribution is 2.35. The SMILES string of the molecule is CCOc1cc2c(cc1/C=C/C(=O)OCC(=O)NCc1ccccc1C)O[C@H](C)C2. The van der Waals surface area contributed by atoms with Gasteiger partial charge in [0.2, 0.25) is 0 Å². The van der Waals surface area contributed by atoms with Crippen LogP contribution in [-0.4, -0.2) is 31.2 Å². The Morgan fingerprint density at radius 1 is 1.27 bits per heavy atom. The zero-order chi connectivity index (χ0) is 21.5. The average molecular weight is 409 g/mol. The van der Waals surface area contributed by atoms with Crippen LogP contribution < -0.4 is 14.8 Å². The van der Waals surface area contributed by atoms with Crippen LogP contribution >= 0.6 is 0 Å². The number of hydrogen-bond donors (Lipinski definition) is 1. The molecule has 6 heteroatoms. The summed E-state index contributed by atoms with van der Waals surface area (Å²) in [4.78, 5) is 24.0. The van der Waals surface area contributed by atoms with Gasteiger partial charge in [0.05, 0.1) is 6.61 Å². The first-order chi connectivity index (χ1) is 14.5. The van der Waals surface area contributed by atoms with Gasteiger partial charge in [-0.1, -0.05) is 24.3 Å². The first-order valence-electron chi connectivity index (χ1n) is 10.1. The summed E-state index contributed by atoms with van der Waals surface area (Å²) in [6.45, 7) is 6.47. The molecule has 1 heterocycles. The molecule has 0 aliphatic carbocycles. The van der Waals surface area contributed by atoms with Gasteiger partial charge < -0.3 is 19.5 Å². The van der Waals surface area contributed by atoms with Crippen LogP contribution in [-0.2, 0) is 27.3 Å². The number of aryl methyl sites for hydroxylation is 1. The summed E-state index contributed by atoms with van der Waals surface area (Å²) in [5.41, 5.74) is 3.94. The van der Waals surface area contributed by atoms with Gasteiger partial charge in [0, 0.05) is 30.2 Å². The maximum absolute atomic E-state index is 12.0. The van der Waals surface area contributed by atoms with Gasteiger partial charge in [0.25, 0.3) is 5.91 Å². The Morgan fingerprint density at radius 3 is 2.83 bits per heavy atom. The molecule has 0 fully saturated rings. The minimum Gasteiger partial charge on any atom is -0.493 e. The lowest BCUT2D eigenvalue weighted by Crippen LogP contribution is -2.28. The number of hydrogen-bond acceptors (Lipinski definition) is 5. The number of rotatable bonds is 8.